The van der Waals surface area contributed by atoms with E-state index in [1.807, 2.05) is 36.4 Å². The van der Waals surface area contributed by atoms with Crippen molar-refractivity contribution in [2.24, 2.45) is 0 Å². The summed E-state index contributed by atoms with van der Waals surface area (Å²) in [7, 11) is 0. The second kappa shape index (κ2) is 8.28. The van der Waals surface area contributed by atoms with Gasteiger partial charge in [-0.05, 0) is 18.6 Å². The number of halogens is 1. The van der Waals surface area contributed by atoms with Gasteiger partial charge in [0.05, 0.1) is 36.6 Å². The lowest BCUT2D eigenvalue weighted by molar-refractivity contribution is 0.0514. The number of esters is 1. The SMILES string of the molecule is CCOC(=O)c1cc(C#N)c(Cl)nc1COCc1ccccc1. The van der Waals surface area contributed by atoms with Crippen LogP contribution in [0.15, 0.2) is 36.4 Å². The Kier molecular flexibility index (Phi) is 6.10. The molecule has 2 aromatic rings. The highest BCUT2D eigenvalue weighted by atomic mass is 35.5. The second-order valence-corrected chi connectivity index (χ2v) is 4.99. The molecular weight excluding hydrogens is 316 g/mol. The Bertz CT molecular complexity index is 727. The van der Waals surface area contributed by atoms with Gasteiger partial charge in [-0.3, -0.25) is 0 Å². The van der Waals surface area contributed by atoms with Gasteiger partial charge in [-0.15, -0.1) is 0 Å². The summed E-state index contributed by atoms with van der Waals surface area (Å²) in [4.78, 5) is 16.1. The molecule has 23 heavy (non-hydrogen) atoms. The van der Waals surface area contributed by atoms with E-state index in [4.69, 9.17) is 26.3 Å². The third-order valence-electron chi connectivity index (χ3n) is 3.02. The van der Waals surface area contributed by atoms with Crippen molar-refractivity contribution in [1.29, 1.82) is 5.26 Å². The molecule has 118 valence electrons. The van der Waals surface area contributed by atoms with Gasteiger partial charge in [0.25, 0.3) is 0 Å². The van der Waals surface area contributed by atoms with Crippen molar-refractivity contribution in [2.45, 2.75) is 20.1 Å². The third kappa shape index (κ3) is 4.52. The van der Waals surface area contributed by atoms with E-state index in [0.29, 0.717) is 12.3 Å². The molecule has 0 fully saturated rings. The van der Waals surface area contributed by atoms with Crippen LogP contribution in [0.5, 0.6) is 0 Å². The molecular formula is C17H15ClN2O3. The van der Waals surface area contributed by atoms with Crippen LogP contribution in [0.2, 0.25) is 5.15 Å². The van der Waals surface area contributed by atoms with Crippen LogP contribution in [-0.2, 0) is 22.7 Å². The lowest BCUT2D eigenvalue weighted by Crippen LogP contribution is -2.12. The highest BCUT2D eigenvalue weighted by Crippen LogP contribution is 2.19. The standard InChI is InChI=1S/C17H15ClN2O3/c1-2-23-17(21)14-8-13(9-19)16(18)20-15(14)11-22-10-12-6-4-3-5-7-12/h3-8H,2,10-11H2,1H3. The van der Waals surface area contributed by atoms with Gasteiger partial charge >= 0.3 is 5.97 Å². The zero-order valence-corrected chi connectivity index (χ0v) is 13.3. The van der Waals surface area contributed by atoms with E-state index in [9.17, 15) is 4.79 Å². The van der Waals surface area contributed by atoms with Crippen molar-refractivity contribution in [2.75, 3.05) is 6.61 Å². The molecule has 0 aliphatic carbocycles. The van der Waals surface area contributed by atoms with E-state index in [0.717, 1.165) is 5.56 Å². The number of nitriles is 1. The summed E-state index contributed by atoms with van der Waals surface area (Å²) in [6.07, 6.45) is 0. The smallest absolute Gasteiger partial charge is 0.340 e. The first-order chi connectivity index (χ1) is 11.2. The average molecular weight is 331 g/mol. The number of pyridine rings is 1. The van der Waals surface area contributed by atoms with Gasteiger partial charge in [0.2, 0.25) is 0 Å². The number of benzene rings is 1. The Morgan fingerprint density at radius 3 is 2.70 bits per heavy atom. The molecule has 1 aromatic carbocycles. The van der Waals surface area contributed by atoms with E-state index >= 15 is 0 Å². The molecule has 0 amide bonds. The fourth-order valence-electron chi connectivity index (χ4n) is 1.94. The molecule has 0 spiro atoms. The number of hydrogen-bond acceptors (Lipinski definition) is 5. The highest BCUT2D eigenvalue weighted by Gasteiger charge is 2.18. The molecule has 0 aliphatic heterocycles. The normalized spacial score (nSPS) is 10.1. The van der Waals surface area contributed by atoms with Gasteiger partial charge in [0, 0.05) is 0 Å². The summed E-state index contributed by atoms with van der Waals surface area (Å²) in [5.41, 5.74) is 1.68. The van der Waals surface area contributed by atoms with Gasteiger partial charge in [0.1, 0.15) is 11.2 Å². The van der Waals surface area contributed by atoms with Gasteiger partial charge < -0.3 is 9.47 Å². The molecule has 0 saturated heterocycles. The number of carbonyl (C=O) groups is 1. The maximum Gasteiger partial charge on any atom is 0.340 e. The molecule has 0 aliphatic rings. The predicted molar refractivity (Wildman–Crippen MR) is 84.9 cm³/mol. The number of carbonyl (C=O) groups excluding carboxylic acids is 1. The first kappa shape index (κ1) is 16.9. The Morgan fingerprint density at radius 1 is 1.30 bits per heavy atom. The number of rotatable bonds is 6. The van der Waals surface area contributed by atoms with E-state index < -0.39 is 5.97 Å². The van der Waals surface area contributed by atoms with Crippen LogP contribution >= 0.6 is 11.6 Å². The molecule has 1 aromatic heterocycles. The molecule has 0 bridgehead atoms. The average Bonchev–Trinajstić information content (AvgIpc) is 2.56. The van der Waals surface area contributed by atoms with Crippen LogP contribution in [-0.4, -0.2) is 17.6 Å². The molecule has 0 saturated carbocycles. The monoisotopic (exact) mass is 330 g/mol. The topological polar surface area (TPSA) is 72.2 Å². The summed E-state index contributed by atoms with van der Waals surface area (Å²) < 4.78 is 10.6. The summed E-state index contributed by atoms with van der Waals surface area (Å²) in [5, 5.41) is 9.05. The maximum atomic E-state index is 12.0. The Balaban J connectivity index is 2.17. The third-order valence-corrected chi connectivity index (χ3v) is 3.31. The fourth-order valence-corrected chi connectivity index (χ4v) is 2.14. The molecule has 2 rings (SSSR count). The lowest BCUT2D eigenvalue weighted by Gasteiger charge is -2.10. The predicted octanol–water partition coefficient (Wildman–Crippen LogP) is 3.50. The first-order valence-electron chi connectivity index (χ1n) is 7.04. The van der Waals surface area contributed by atoms with Crippen molar-refractivity contribution in [3.8, 4) is 6.07 Å². The Labute approximate surface area is 139 Å². The largest absolute Gasteiger partial charge is 0.462 e. The minimum atomic E-state index is -0.550. The second-order valence-electron chi connectivity index (χ2n) is 4.63. The van der Waals surface area contributed by atoms with Crippen LogP contribution < -0.4 is 0 Å². The number of ether oxygens (including phenoxy) is 2. The molecule has 6 heteroatoms. The number of nitrogens with zero attached hydrogens (tertiary/aromatic N) is 2. The summed E-state index contributed by atoms with van der Waals surface area (Å²) in [6.45, 7) is 2.41. The van der Waals surface area contributed by atoms with E-state index in [-0.39, 0.29) is 29.5 Å². The van der Waals surface area contributed by atoms with Crippen molar-refractivity contribution in [1.82, 2.24) is 4.98 Å². The van der Waals surface area contributed by atoms with Crippen molar-refractivity contribution in [3.05, 3.63) is 63.9 Å². The van der Waals surface area contributed by atoms with Gasteiger partial charge in [-0.1, -0.05) is 41.9 Å². The van der Waals surface area contributed by atoms with Gasteiger partial charge in [-0.2, -0.15) is 5.26 Å². The van der Waals surface area contributed by atoms with Crippen LogP contribution in [0.4, 0.5) is 0 Å². The number of aromatic nitrogens is 1. The minimum Gasteiger partial charge on any atom is -0.462 e. The molecule has 1 heterocycles. The van der Waals surface area contributed by atoms with Crippen molar-refractivity contribution < 1.29 is 14.3 Å². The maximum absolute atomic E-state index is 12.0. The minimum absolute atomic E-state index is 0.0406. The molecule has 0 unspecified atom stereocenters. The highest BCUT2D eigenvalue weighted by molar-refractivity contribution is 6.30. The van der Waals surface area contributed by atoms with E-state index in [2.05, 4.69) is 4.98 Å². The summed E-state index contributed by atoms with van der Waals surface area (Å²) >= 11 is 5.94. The zero-order chi connectivity index (χ0) is 16.7. The molecule has 5 nitrogen and oxygen atoms in total. The number of hydrogen-bond donors (Lipinski definition) is 0. The first-order valence-corrected chi connectivity index (χ1v) is 7.41. The fraction of sp³-hybridized carbons (Fsp3) is 0.235. The van der Waals surface area contributed by atoms with Gasteiger partial charge in [0.15, 0.2) is 0 Å². The van der Waals surface area contributed by atoms with Crippen LogP contribution in [0, 0.1) is 11.3 Å². The van der Waals surface area contributed by atoms with Crippen molar-refractivity contribution >= 4 is 17.6 Å². The van der Waals surface area contributed by atoms with Gasteiger partial charge in [-0.25, -0.2) is 9.78 Å². The van der Waals surface area contributed by atoms with Crippen molar-refractivity contribution in [3.63, 3.8) is 0 Å². The van der Waals surface area contributed by atoms with Crippen LogP contribution in [0.25, 0.3) is 0 Å². The van der Waals surface area contributed by atoms with E-state index in [1.54, 1.807) is 6.92 Å². The quantitative estimate of drug-likeness (QED) is 0.598. The Morgan fingerprint density at radius 2 is 2.04 bits per heavy atom. The zero-order valence-electron chi connectivity index (χ0n) is 12.6. The molecule has 0 radical (unpaired) electrons. The lowest BCUT2D eigenvalue weighted by atomic mass is 10.1. The molecule has 0 atom stereocenters. The van der Waals surface area contributed by atoms with E-state index in [1.165, 1.54) is 6.07 Å². The van der Waals surface area contributed by atoms with Crippen LogP contribution in [0.3, 0.4) is 0 Å². The van der Waals surface area contributed by atoms with Crippen LogP contribution in [0.1, 0.15) is 34.1 Å². The Hall–Kier alpha value is -2.42. The summed E-state index contributed by atoms with van der Waals surface area (Å²) in [5.74, 6) is -0.550. The summed E-state index contributed by atoms with van der Waals surface area (Å²) in [6, 6.07) is 12.9. The molecule has 0 N–H and O–H groups in total.